The topological polar surface area (TPSA) is 78.9 Å². The third-order valence-electron chi connectivity index (χ3n) is 14.8. The second kappa shape index (κ2) is 67.8. The SMILES string of the molecule is CC/C=C\C/C=C\C/C=C\C/C=C\CCCCCCCCC(=O)OC(COC(=O)CCCCCCC/C=C\C/C=C\CCCCCC)COC(=O)CCCCCCCCCCCCCCCCC/C=C\C/C=C\CCCCCCC. The van der Waals surface area contributed by atoms with Crippen LogP contribution in [-0.4, -0.2) is 37.2 Å². The van der Waals surface area contributed by atoms with Gasteiger partial charge in [0.05, 0.1) is 0 Å². The second-order valence-corrected chi connectivity index (χ2v) is 22.7. The van der Waals surface area contributed by atoms with Gasteiger partial charge in [-0.25, -0.2) is 0 Å². The maximum Gasteiger partial charge on any atom is 0.306 e. The molecule has 0 spiro atoms. The smallest absolute Gasteiger partial charge is 0.306 e. The first-order valence-electron chi connectivity index (χ1n) is 34.2. The molecule has 0 aromatic rings. The Morgan fingerprint density at radius 2 is 0.487 bits per heavy atom. The van der Waals surface area contributed by atoms with Crippen molar-refractivity contribution >= 4 is 17.9 Å². The van der Waals surface area contributed by atoms with E-state index in [1.807, 2.05) is 0 Å². The van der Waals surface area contributed by atoms with Crippen LogP contribution in [0.5, 0.6) is 0 Å². The van der Waals surface area contributed by atoms with E-state index in [1.54, 1.807) is 0 Å². The third-order valence-corrected chi connectivity index (χ3v) is 14.8. The van der Waals surface area contributed by atoms with Crippen molar-refractivity contribution in [3.63, 3.8) is 0 Å². The highest BCUT2D eigenvalue weighted by Crippen LogP contribution is 2.17. The molecule has 0 heterocycles. The number of esters is 3. The van der Waals surface area contributed by atoms with Crippen molar-refractivity contribution in [2.45, 2.75) is 341 Å². The summed E-state index contributed by atoms with van der Waals surface area (Å²) in [6.07, 6.45) is 91.4. The number of hydrogen-bond acceptors (Lipinski definition) is 6. The zero-order chi connectivity index (χ0) is 57.8. The van der Waals surface area contributed by atoms with Crippen LogP contribution in [0.2, 0.25) is 0 Å². The van der Waals surface area contributed by atoms with Gasteiger partial charge >= 0.3 is 17.9 Å². The molecule has 0 aliphatic carbocycles. The highest BCUT2D eigenvalue weighted by molar-refractivity contribution is 5.71. The van der Waals surface area contributed by atoms with Gasteiger partial charge < -0.3 is 14.2 Å². The Balaban J connectivity index is 4.34. The van der Waals surface area contributed by atoms with Crippen LogP contribution in [0.25, 0.3) is 0 Å². The molecular weight excluding hydrogens is 985 g/mol. The molecule has 0 aromatic heterocycles. The first-order valence-corrected chi connectivity index (χ1v) is 34.2. The monoisotopic (exact) mass is 1110 g/mol. The molecule has 0 radical (unpaired) electrons. The van der Waals surface area contributed by atoms with Crippen molar-refractivity contribution in [3.8, 4) is 0 Å². The van der Waals surface area contributed by atoms with Crippen LogP contribution in [0, 0.1) is 0 Å². The number of unbranched alkanes of at least 4 members (excludes halogenated alkanes) is 35. The molecule has 0 bridgehead atoms. The summed E-state index contributed by atoms with van der Waals surface area (Å²) in [5.41, 5.74) is 0. The molecular formula is C74H128O6. The fraction of sp³-hybridized carbons (Fsp3) is 0.743. The average molecular weight is 1110 g/mol. The van der Waals surface area contributed by atoms with E-state index in [0.717, 1.165) is 122 Å². The minimum Gasteiger partial charge on any atom is -0.462 e. The molecule has 80 heavy (non-hydrogen) atoms. The molecule has 6 heteroatoms. The summed E-state index contributed by atoms with van der Waals surface area (Å²) in [5, 5.41) is 0. The van der Waals surface area contributed by atoms with Gasteiger partial charge in [0.2, 0.25) is 0 Å². The molecule has 0 aliphatic heterocycles. The predicted molar refractivity (Wildman–Crippen MR) is 348 cm³/mol. The lowest BCUT2D eigenvalue weighted by molar-refractivity contribution is -0.167. The summed E-state index contributed by atoms with van der Waals surface area (Å²) < 4.78 is 17.0. The van der Waals surface area contributed by atoms with Gasteiger partial charge in [0.15, 0.2) is 6.10 Å². The van der Waals surface area contributed by atoms with E-state index in [1.165, 1.54) is 173 Å². The van der Waals surface area contributed by atoms with Crippen molar-refractivity contribution < 1.29 is 28.6 Å². The molecule has 6 nitrogen and oxygen atoms in total. The van der Waals surface area contributed by atoms with Crippen LogP contribution in [0.1, 0.15) is 335 Å². The minimum atomic E-state index is -0.793. The predicted octanol–water partition coefficient (Wildman–Crippen LogP) is 23.6. The molecule has 0 fully saturated rings. The maximum absolute atomic E-state index is 12.9. The fourth-order valence-corrected chi connectivity index (χ4v) is 9.67. The first kappa shape index (κ1) is 76.3. The van der Waals surface area contributed by atoms with Crippen molar-refractivity contribution in [1.82, 2.24) is 0 Å². The lowest BCUT2D eigenvalue weighted by Gasteiger charge is -2.18. The Hall–Kier alpha value is -3.67. The number of ether oxygens (including phenoxy) is 3. The van der Waals surface area contributed by atoms with Gasteiger partial charge in [-0.1, -0.05) is 291 Å². The van der Waals surface area contributed by atoms with E-state index in [-0.39, 0.29) is 31.1 Å². The number of hydrogen-bond donors (Lipinski definition) is 0. The molecule has 1 unspecified atom stereocenters. The molecule has 460 valence electrons. The normalized spacial score (nSPS) is 12.7. The lowest BCUT2D eigenvalue weighted by Crippen LogP contribution is -2.30. The van der Waals surface area contributed by atoms with Crippen molar-refractivity contribution in [2.75, 3.05) is 13.2 Å². The Kier molecular flexibility index (Phi) is 64.7. The van der Waals surface area contributed by atoms with Crippen LogP contribution in [0.4, 0.5) is 0 Å². The standard InChI is InChI=1S/C74H128O6/c1-4-7-10-13-16-19-22-25-28-31-33-34-35-36-37-38-39-40-42-43-46-49-52-55-58-61-64-67-73(76)79-70-71(69-78-72(75)66-63-60-57-54-51-48-45-30-27-24-21-18-15-12-9-6-3)80-74(77)68-65-62-59-56-53-50-47-44-41-32-29-26-23-20-17-14-11-8-5-2/h8,11,17,20-22,24-26,29-31,33,41,44-45,71H,4-7,9-10,12-16,18-19,23,27-28,32,34-40,42-43,46-70H2,1-3H3/b11-8-,20-17-,24-21-,25-22-,29-26-,33-31-,44-41-,45-30-. The minimum absolute atomic E-state index is 0.0868. The van der Waals surface area contributed by atoms with Crippen molar-refractivity contribution in [2.24, 2.45) is 0 Å². The highest BCUT2D eigenvalue weighted by atomic mass is 16.6. The van der Waals surface area contributed by atoms with Gasteiger partial charge in [0, 0.05) is 19.3 Å². The van der Waals surface area contributed by atoms with Gasteiger partial charge in [0.25, 0.3) is 0 Å². The Morgan fingerprint density at radius 1 is 0.263 bits per heavy atom. The zero-order valence-corrected chi connectivity index (χ0v) is 52.8. The van der Waals surface area contributed by atoms with Crippen LogP contribution < -0.4 is 0 Å². The van der Waals surface area contributed by atoms with Crippen molar-refractivity contribution in [3.05, 3.63) is 97.2 Å². The molecule has 0 aromatic carbocycles. The summed E-state index contributed by atoms with van der Waals surface area (Å²) >= 11 is 0. The summed E-state index contributed by atoms with van der Waals surface area (Å²) in [5.74, 6) is -0.902. The van der Waals surface area contributed by atoms with Gasteiger partial charge in [-0.05, 0) is 122 Å². The number of allylic oxidation sites excluding steroid dienone is 16. The Bertz CT molecular complexity index is 1560. The Labute approximate surface area is 496 Å². The van der Waals surface area contributed by atoms with Crippen LogP contribution >= 0.6 is 0 Å². The van der Waals surface area contributed by atoms with Crippen molar-refractivity contribution in [1.29, 1.82) is 0 Å². The van der Waals surface area contributed by atoms with Crippen LogP contribution in [0.15, 0.2) is 97.2 Å². The van der Waals surface area contributed by atoms with E-state index in [4.69, 9.17) is 14.2 Å². The molecule has 1 atom stereocenters. The number of carbonyl (C=O) groups excluding carboxylic acids is 3. The van der Waals surface area contributed by atoms with Crippen LogP contribution in [-0.2, 0) is 28.6 Å². The number of carbonyl (C=O) groups is 3. The molecule has 0 N–H and O–H groups in total. The maximum atomic E-state index is 12.9. The van der Waals surface area contributed by atoms with Crippen LogP contribution in [0.3, 0.4) is 0 Å². The van der Waals surface area contributed by atoms with E-state index >= 15 is 0 Å². The second-order valence-electron chi connectivity index (χ2n) is 22.7. The molecule has 0 saturated carbocycles. The Morgan fingerprint density at radius 3 is 0.775 bits per heavy atom. The van der Waals surface area contributed by atoms with E-state index in [9.17, 15) is 14.4 Å². The molecule has 0 aliphatic rings. The van der Waals surface area contributed by atoms with Gasteiger partial charge in [-0.3, -0.25) is 14.4 Å². The third kappa shape index (κ3) is 65.1. The first-order chi connectivity index (χ1) is 39.5. The van der Waals surface area contributed by atoms with Gasteiger partial charge in [0.1, 0.15) is 13.2 Å². The molecule has 0 saturated heterocycles. The quantitative estimate of drug-likeness (QED) is 0.0261. The average Bonchev–Trinajstić information content (AvgIpc) is 3.46. The lowest BCUT2D eigenvalue weighted by atomic mass is 10.0. The van der Waals surface area contributed by atoms with E-state index in [2.05, 4.69) is 118 Å². The summed E-state index contributed by atoms with van der Waals surface area (Å²) in [4.78, 5) is 38.4. The van der Waals surface area contributed by atoms with E-state index < -0.39 is 6.10 Å². The summed E-state index contributed by atoms with van der Waals surface area (Å²) in [6.45, 7) is 6.51. The zero-order valence-electron chi connectivity index (χ0n) is 52.8. The molecule has 0 amide bonds. The molecule has 0 rings (SSSR count). The van der Waals surface area contributed by atoms with E-state index in [0.29, 0.717) is 19.3 Å². The van der Waals surface area contributed by atoms with Gasteiger partial charge in [-0.2, -0.15) is 0 Å². The largest absolute Gasteiger partial charge is 0.462 e. The summed E-state index contributed by atoms with van der Waals surface area (Å²) in [7, 11) is 0. The van der Waals surface area contributed by atoms with Gasteiger partial charge in [-0.15, -0.1) is 0 Å². The highest BCUT2D eigenvalue weighted by Gasteiger charge is 2.19. The number of rotatable bonds is 62. The fourth-order valence-electron chi connectivity index (χ4n) is 9.67. The summed E-state index contributed by atoms with van der Waals surface area (Å²) in [6, 6.07) is 0.